The van der Waals surface area contributed by atoms with Gasteiger partial charge < -0.3 is 9.97 Å². The Kier molecular flexibility index (Phi) is 17.7. The van der Waals surface area contributed by atoms with Crippen molar-refractivity contribution in [3.63, 3.8) is 0 Å². The number of hydrogen-bond donors (Lipinski definition) is 2. The number of rotatable bonds is 10. The van der Waals surface area contributed by atoms with Crippen LogP contribution in [0.1, 0.15) is 45.6 Å². The van der Waals surface area contributed by atoms with Crippen molar-refractivity contribution < 1.29 is 87.8 Å². The minimum Gasteiger partial charge on any atom is -0.354 e. The van der Waals surface area contributed by atoms with Crippen molar-refractivity contribution >= 4 is 139 Å². The van der Waals surface area contributed by atoms with Crippen molar-refractivity contribution in [2.45, 2.75) is 0 Å². The molecule has 0 fully saturated rings. The minimum absolute atomic E-state index is 0.139. The molecule has 110 heavy (non-hydrogen) atoms. The van der Waals surface area contributed by atoms with E-state index in [1.807, 2.05) is 47.2 Å². The van der Waals surface area contributed by atoms with Crippen LogP contribution in [0.3, 0.4) is 0 Å². The van der Waals surface area contributed by atoms with Gasteiger partial charge in [0.15, 0.2) is 93.1 Å². The van der Waals surface area contributed by atoms with Crippen molar-refractivity contribution in [2.75, 3.05) is 0 Å². The molecule has 12 bridgehead atoms. The van der Waals surface area contributed by atoms with E-state index in [0.29, 0.717) is 19.5 Å². The lowest BCUT2D eigenvalue weighted by atomic mass is 10.0. The monoisotopic (exact) mass is 1620 g/mol. The number of aromatic nitrogens is 6. The lowest BCUT2D eigenvalue weighted by molar-refractivity contribution is 0.381. The van der Waals surface area contributed by atoms with Crippen LogP contribution in [-0.2, 0) is 0 Å². The zero-order chi connectivity index (χ0) is 76.9. The molecule has 0 atom stereocenters. The third kappa shape index (κ3) is 11.5. The predicted molar refractivity (Wildman–Crippen MR) is 388 cm³/mol. The zero-order valence-electron chi connectivity index (χ0n) is 53.8. The third-order valence-corrected chi connectivity index (χ3v) is 24.7. The largest absolute Gasteiger partial charge is 0.354 e. The summed E-state index contributed by atoms with van der Waals surface area (Å²) in [5.41, 5.74) is -18.6. The Morgan fingerprint density at radius 3 is 0.573 bits per heavy atom. The maximum absolute atomic E-state index is 16.8. The molecule has 9 aromatic heterocycles. The van der Waals surface area contributed by atoms with Crippen molar-refractivity contribution in [3.05, 3.63) is 270 Å². The van der Waals surface area contributed by atoms with Gasteiger partial charge in [-0.25, -0.2) is 108 Å². The highest BCUT2D eigenvalue weighted by Crippen LogP contribution is 2.50. The van der Waals surface area contributed by atoms with Gasteiger partial charge in [0.2, 0.25) is 23.3 Å². The molecule has 13 aromatic rings. The normalized spacial score (nSPS) is 12.4. The van der Waals surface area contributed by atoms with Gasteiger partial charge in [0.1, 0.15) is 0 Å². The van der Waals surface area contributed by atoms with E-state index in [-0.39, 0.29) is 43.7 Å². The summed E-state index contributed by atoms with van der Waals surface area (Å²) in [4.78, 5) is 29.9. The molecule has 2 N–H and O–H groups in total. The van der Waals surface area contributed by atoms with E-state index in [2.05, 4.69) is 29.9 Å². The molecule has 0 radical (unpaired) electrons. The van der Waals surface area contributed by atoms with Crippen LogP contribution in [0.4, 0.5) is 87.8 Å². The molecule has 32 heteroatoms. The van der Waals surface area contributed by atoms with Gasteiger partial charge in [-0.2, -0.15) is 0 Å². The van der Waals surface area contributed by atoms with Crippen LogP contribution in [0.2, 0.25) is 0 Å². The van der Waals surface area contributed by atoms with Gasteiger partial charge in [0.25, 0.3) is 0 Å². The summed E-state index contributed by atoms with van der Waals surface area (Å²) in [5.74, 6) is -50.5. The molecule has 0 amide bonds. The van der Waals surface area contributed by atoms with Crippen LogP contribution in [-0.4, -0.2) is 29.9 Å². The molecule has 13 heterocycles. The van der Waals surface area contributed by atoms with Crippen LogP contribution in [0.15, 0.2) is 108 Å². The molecule has 6 nitrogen and oxygen atoms in total. The first-order chi connectivity index (χ1) is 52.8. The fourth-order valence-corrected chi connectivity index (χ4v) is 18.9. The van der Waals surface area contributed by atoms with Gasteiger partial charge >= 0.3 is 0 Å². The first-order valence-corrected chi connectivity index (χ1v) is 36.6. The van der Waals surface area contributed by atoms with Crippen LogP contribution >= 0.6 is 68.0 Å². The van der Waals surface area contributed by atoms with Gasteiger partial charge in [-0.1, -0.05) is 12.1 Å². The Balaban J connectivity index is 1.06. The molecular formula is C78H28F20N6S6. The maximum atomic E-state index is 16.8. The molecule has 0 aliphatic carbocycles. The van der Waals surface area contributed by atoms with E-state index < -0.39 is 206 Å². The predicted octanol–water partition coefficient (Wildman–Crippen LogP) is 26.5. The maximum Gasteiger partial charge on any atom is 0.200 e. The molecule has 0 saturated heterocycles. The average Bonchev–Trinajstić information content (AvgIpc) is 1.40. The van der Waals surface area contributed by atoms with E-state index in [1.54, 1.807) is 24.3 Å². The fraction of sp³-hybridized carbons (Fsp3) is 0. The summed E-state index contributed by atoms with van der Waals surface area (Å²) in [6.07, 6.45) is 8.42. The van der Waals surface area contributed by atoms with Gasteiger partial charge in [-0.3, -0.25) is 0 Å². The number of halogens is 20. The lowest BCUT2D eigenvalue weighted by Gasteiger charge is -2.11. The molecule has 4 aliphatic rings. The number of nitrogens with zero attached hydrogens (tertiary/aromatic N) is 4. The highest BCUT2D eigenvalue weighted by Gasteiger charge is 2.36. The lowest BCUT2D eigenvalue weighted by Crippen LogP contribution is -2.05. The van der Waals surface area contributed by atoms with Crippen molar-refractivity contribution in [2.24, 2.45) is 0 Å². The molecule has 4 aromatic carbocycles. The number of H-pyrrole nitrogens is 2. The Hall–Kier alpha value is -11.4. The molecule has 546 valence electrons. The quantitative estimate of drug-likeness (QED) is 0.0812. The van der Waals surface area contributed by atoms with Crippen LogP contribution in [0.5, 0.6) is 0 Å². The number of aromatic amines is 2. The van der Waals surface area contributed by atoms with Crippen molar-refractivity contribution in [3.8, 4) is 104 Å². The van der Waals surface area contributed by atoms with E-state index in [9.17, 15) is 0 Å². The van der Waals surface area contributed by atoms with Crippen LogP contribution < -0.4 is 0 Å². The number of nitrogens with one attached hydrogen (secondary N) is 2. The summed E-state index contributed by atoms with van der Waals surface area (Å²) in [5, 5.41) is 3.69. The number of thiophene rings is 6. The highest BCUT2D eigenvalue weighted by atomic mass is 32.1. The number of benzene rings is 4. The van der Waals surface area contributed by atoms with E-state index in [1.165, 1.54) is 57.5 Å². The average molecular weight is 1620 g/mol. The molecule has 0 saturated carbocycles. The number of hydrogen-bond acceptors (Lipinski definition) is 10. The smallest absolute Gasteiger partial charge is 0.200 e. The first-order valence-electron chi connectivity index (χ1n) is 31.6. The summed E-state index contributed by atoms with van der Waals surface area (Å²) >= 11 is 7.56. The van der Waals surface area contributed by atoms with Crippen molar-refractivity contribution in [1.29, 1.82) is 0 Å². The topological polar surface area (TPSA) is 83.1 Å². The Morgan fingerprint density at radius 2 is 0.364 bits per heavy atom. The molecular weight excluding hydrogens is 1590 g/mol. The molecule has 0 unspecified atom stereocenters. The standard InChI is InChI=1S/C78H28F20N6S6/c79-59-55(60(80)68(88)75(95)67(59)87)51-31-9-5-27(99-31)49(47-23-21-45(109-47)43-19-17-41(107-43)39-3-1-25-105-39)28-6-10-32(100-28)52(56-61(81)69(89)76(96)70(90)62(56)82)36-14-16-38(104-36)54(58-65(85)73(93)78(98)74(94)66(58)86)34-12-8-30(102-34)50(48-24-22-46(110-48)44-20-18-42(108-44)40-4-2-26-106-40)29-7-11-33(101-29)53(37-15-13-35(51)103-37)57-63(83)71(91)77(97)72(92)64(57)84/h1-26,103-104H. The molecule has 4 aliphatic heterocycles. The van der Waals surface area contributed by atoms with Crippen molar-refractivity contribution in [1.82, 2.24) is 29.9 Å². The summed E-state index contributed by atoms with van der Waals surface area (Å²) in [7, 11) is 0. The fourth-order valence-electron chi connectivity index (χ4n) is 12.9. The Bertz CT molecular complexity index is 5900. The Morgan fingerprint density at radius 1 is 0.182 bits per heavy atom. The van der Waals surface area contributed by atoms with E-state index in [0.717, 1.165) is 115 Å². The second kappa shape index (κ2) is 27.3. The molecule has 0 spiro atoms. The van der Waals surface area contributed by atoms with Gasteiger partial charge in [0.05, 0.1) is 67.8 Å². The van der Waals surface area contributed by atoms with E-state index >= 15 is 87.8 Å². The Labute approximate surface area is 626 Å². The second-order valence-electron chi connectivity index (χ2n) is 24.1. The zero-order valence-corrected chi connectivity index (χ0v) is 58.7. The summed E-state index contributed by atoms with van der Waals surface area (Å²) in [6.45, 7) is 0. The molecule has 17 rings (SSSR count). The first kappa shape index (κ1) is 71.5. The number of fused-ring (bicyclic) bond motifs is 12. The van der Waals surface area contributed by atoms with E-state index in [4.69, 9.17) is 0 Å². The highest BCUT2D eigenvalue weighted by molar-refractivity contribution is 7.27. The minimum atomic E-state index is -2.64. The second-order valence-corrected chi connectivity index (χ2v) is 30.3. The summed E-state index contributed by atoms with van der Waals surface area (Å²) < 4.78 is 322. The van der Waals surface area contributed by atoms with Crippen LogP contribution in [0.25, 0.3) is 175 Å². The van der Waals surface area contributed by atoms with Crippen LogP contribution in [0, 0.1) is 116 Å². The van der Waals surface area contributed by atoms with Gasteiger partial charge in [0, 0.05) is 104 Å². The third-order valence-electron chi connectivity index (χ3n) is 17.8. The summed E-state index contributed by atoms with van der Waals surface area (Å²) in [6, 6.07) is 24.2. The van der Waals surface area contributed by atoms with Gasteiger partial charge in [-0.05, 0) is 144 Å². The SMILES string of the molecule is Fc1c(F)c(F)c(-c2c3nc(c(-c4ccc(-c5ccc(-c6cccs6)s5)s4)c4nc(c(-c5c(F)c(F)c(F)c(F)c5F)c5ccc([nH]5)c(-c5c(F)c(F)c(F)c(F)c5F)c5nc(c(-c6ccc(-c7ccc(-c8cccs8)s7)s6)c6nc(c(-c7c(F)c(F)c(F)c(F)c7F)c7ccc2[nH]7)C=C6)C=C5)C=C4)C=C3)c(F)c1F. The van der Waals surface area contributed by atoms with Gasteiger partial charge in [-0.15, -0.1) is 68.0 Å².